The lowest BCUT2D eigenvalue weighted by Crippen LogP contribution is -2.56. The highest BCUT2D eigenvalue weighted by Crippen LogP contribution is 2.28. The lowest BCUT2D eigenvalue weighted by Gasteiger charge is -2.30. The molecule has 2 aromatic carbocycles. The van der Waals surface area contributed by atoms with Crippen LogP contribution in [-0.2, 0) is 19.2 Å². The number of imide groups is 1. The van der Waals surface area contributed by atoms with Crippen LogP contribution in [0, 0.1) is 5.92 Å². The molecule has 1 saturated heterocycles. The number of nitrogens with zero attached hydrogens (tertiary/aromatic N) is 2. The minimum atomic E-state index is -1.26. The van der Waals surface area contributed by atoms with Crippen molar-refractivity contribution in [2.45, 2.75) is 44.8 Å². The van der Waals surface area contributed by atoms with Gasteiger partial charge in [-0.2, -0.15) is 0 Å². The van der Waals surface area contributed by atoms with Gasteiger partial charge in [-0.3, -0.25) is 39.0 Å². The van der Waals surface area contributed by atoms with Gasteiger partial charge in [0.05, 0.1) is 22.9 Å². The molecule has 0 aromatic heterocycles. The van der Waals surface area contributed by atoms with E-state index >= 15 is 0 Å². The molecule has 0 bridgehead atoms. The van der Waals surface area contributed by atoms with Gasteiger partial charge in [0, 0.05) is 13.6 Å². The zero-order valence-electron chi connectivity index (χ0n) is 21.3. The van der Waals surface area contributed by atoms with Crippen molar-refractivity contribution >= 4 is 57.1 Å². The highest BCUT2D eigenvalue weighted by molar-refractivity contribution is 8.15. The molecular weight excluding hydrogens is 510 g/mol. The molecule has 1 fully saturated rings. The molecule has 2 N–H and O–H groups in total. The Morgan fingerprint density at radius 3 is 2.11 bits per heavy atom. The summed E-state index contributed by atoms with van der Waals surface area (Å²) in [5.41, 5.74) is 0.540. The maximum atomic E-state index is 13.3. The molecule has 38 heavy (non-hydrogen) atoms. The average Bonchev–Trinajstić information content (AvgIpc) is 3.33. The molecular formula is C27H29N3O7S. The first-order valence-corrected chi connectivity index (χ1v) is 13.3. The molecule has 2 heterocycles. The number of carboxylic acid groups (broad SMARTS) is 1. The van der Waals surface area contributed by atoms with Crippen LogP contribution in [0.15, 0.2) is 36.4 Å². The summed E-state index contributed by atoms with van der Waals surface area (Å²) < 4.78 is 0. The molecule has 1 unspecified atom stereocenters. The Hall–Kier alpha value is -3.57. The molecule has 0 spiro atoms. The second-order valence-corrected chi connectivity index (χ2v) is 10.9. The summed E-state index contributed by atoms with van der Waals surface area (Å²) in [5.74, 6) is -3.18. The first-order chi connectivity index (χ1) is 18.0. The maximum Gasteiger partial charge on any atom is 0.320 e. The van der Waals surface area contributed by atoms with Gasteiger partial charge >= 0.3 is 5.97 Å². The molecule has 2 aromatic rings. The van der Waals surface area contributed by atoms with Crippen molar-refractivity contribution in [1.82, 2.24) is 15.1 Å². The molecule has 3 amide bonds. The van der Waals surface area contributed by atoms with Crippen molar-refractivity contribution < 1.29 is 33.9 Å². The van der Waals surface area contributed by atoms with Crippen LogP contribution in [0.5, 0.6) is 0 Å². The zero-order chi connectivity index (χ0) is 27.7. The SMILES string of the molecule is CC(C)C[C@H](N[C@H](CCN1C(=O)c2cc3ccccc3cc2C1=O)C(=O)O)C(=O)N(C)C1C(=O)CSC1=O. The van der Waals surface area contributed by atoms with Crippen LogP contribution in [0.2, 0.25) is 0 Å². The normalized spacial score (nSPS) is 18.8. The molecule has 11 heteroatoms. The van der Waals surface area contributed by atoms with Gasteiger partial charge in [-0.15, -0.1) is 0 Å². The fourth-order valence-corrected chi connectivity index (χ4v) is 5.74. The summed E-state index contributed by atoms with van der Waals surface area (Å²) in [5, 5.41) is 14.0. The summed E-state index contributed by atoms with van der Waals surface area (Å²) in [7, 11) is 1.36. The van der Waals surface area contributed by atoms with E-state index in [-0.39, 0.29) is 48.0 Å². The molecule has 200 valence electrons. The Morgan fingerprint density at radius 2 is 1.63 bits per heavy atom. The van der Waals surface area contributed by atoms with Crippen molar-refractivity contribution in [3.05, 3.63) is 47.5 Å². The fraction of sp³-hybridized carbons (Fsp3) is 0.407. The number of carbonyl (C=O) groups is 6. The number of ketones is 1. The third kappa shape index (κ3) is 5.34. The Bertz CT molecular complexity index is 1270. The number of carboxylic acids is 1. The molecule has 0 radical (unpaired) electrons. The second kappa shape index (κ2) is 11.0. The molecule has 0 aliphatic carbocycles. The fourth-order valence-electron chi connectivity index (χ4n) is 4.85. The highest BCUT2D eigenvalue weighted by Gasteiger charge is 2.42. The van der Waals surface area contributed by atoms with E-state index in [4.69, 9.17) is 0 Å². The summed E-state index contributed by atoms with van der Waals surface area (Å²) in [4.78, 5) is 77.9. The molecule has 3 atom stereocenters. The van der Waals surface area contributed by atoms with Crippen molar-refractivity contribution in [2.24, 2.45) is 5.92 Å². The van der Waals surface area contributed by atoms with E-state index in [2.05, 4.69) is 5.32 Å². The van der Waals surface area contributed by atoms with Gasteiger partial charge in [-0.1, -0.05) is 49.9 Å². The van der Waals surface area contributed by atoms with Crippen molar-refractivity contribution in [3.63, 3.8) is 0 Å². The van der Waals surface area contributed by atoms with Gasteiger partial charge in [0.2, 0.25) is 11.0 Å². The van der Waals surface area contributed by atoms with Crippen LogP contribution >= 0.6 is 11.8 Å². The summed E-state index contributed by atoms with van der Waals surface area (Å²) in [6.45, 7) is 3.56. The number of Topliss-reactive ketones (excluding diaryl/α,β-unsaturated/α-hetero) is 1. The van der Waals surface area contributed by atoms with Gasteiger partial charge in [0.15, 0.2) is 11.8 Å². The van der Waals surface area contributed by atoms with Gasteiger partial charge < -0.3 is 10.0 Å². The number of rotatable bonds is 10. The van der Waals surface area contributed by atoms with Crippen LogP contribution in [0.1, 0.15) is 47.4 Å². The van der Waals surface area contributed by atoms with Crippen molar-refractivity contribution in [1.29, 1.82) is 0 Å². The zero-order valence-corrected chi connectivity index (χ0v) is 22.1. The third-order valence-corrected chi connectivity index (χ3v) is 7.74. The number of amides is 3. The van der Waals surface area contributed by atoms with Gasteiger partial charge in [0.1, 0.15) is 6.04 Å². The number of benzene rings is 2. The molecule has 2 aliphatic heterocycles. The summed E-state index contributed by atoms with van der Waals surface area (Å²) >= 11 is 0.855. The minimum absolute atomic E-state index is 0.00299. The Kier molecular flexibility index (Phi) is 7.98. The standard InChI is InChI=1S/C27H29N3O7S/c1-14(2)10-20(25(34)29(3)22-21(31)13-38-27(22)37)28-19(26(35)36)8-9-30-23(32)17-11-15-6-4-5-7-16(15)12-18(17)24(30)33/h4-7,11-12,14,19-20,22,28H,8-10,13H2,1-3H3,(H,35,36)/t19-,20+,22?/m1/s1. The molecule has 10 nitrogen and oxygen atoms in total. The van der Waals surface area contributed by atoms with Crippen LogP contribution in [-0.4, -0.2) is 87.0 Å². The Labute approximate surface area is 223 Å². The van der Waals surface area contributed by atoms with E-state index in [0.29, 0.717) is 0 Å². The van der Waals surface area contributed by atoms with E-state index in [1.807, 2.05) is 38.1 Å². The number of likely N-dealkylation sites (N-methyl/N-ethyl adjacent to an activating group) is 1. The number of hydrogen-bond donors (Lipinski definition) is 2. The van der Waals surface area contributed by atoms with Crippen LogP contribution < -0.4 is 5.32 Å². The van der Waals surface area contributed by atoms with E-state index in [0.717, 1.165) is 32.3 Å². The van der Waals surface area contributed by atoms with E-state index in [1.54, 1.807) is 12.1 Å². The van der Waals surface area contributed by atoms with Crippen LogP contribution in [0.3, 0.4) is 0 Å². The van der Waals surface area contributed by atoms with E-state index in [1.165, 1.54) is 7.05 Å². The third-order valence-electron chi connectivity index (χ3n) is 6.80. The monoisotopic (exact) mass is 539 g/mol. The summed E-state index contributed by atoms with van der Waals surface area (Å²) in [6.07, 6.45) is 0.123. The topological polar surface area (TPSA) is 141 Å². The van der Waals surface area contributed by atoms with Crippen LogP contribution in [0.25, 0.3) is 10.8 Å². The quantitative estimate of drug-likeness (QED) is 0.342. The van der Waals surface area contributed by atoms with Gasteiger partial charge in [-0.25, -0.2) is 0 Å². The second-order valence-electron chi connectivity index (χ2n) is 9.96. The van der Waals surface area contributed by atoms with Gasteiger partial charge in [0.25, 0.3) is 11.8 Å². The first-order valence-electron chi connectivity index (χ1n) is 12.3. The first kappa shape index (κ1) is 27.5. The van der Waals surface area contributed by atoms with Crippen molar-refractivity contribution in [2.75, 3.05) is 19.3 Å². The number of fused-ring (bicyclic) bond motifs is 2. The van der Waals surface area contributed by atoms with Crippen LogP contribution in [0.4, 0.5) is 0 Å². The largest absolute Gasteiger partial charge is 0.480 e. The maximum absolute atomic E-state index is 13.3. The minimum Gasteiger partial charge on any atom is -0.480 e. The lowest BCUT2D eigenvalue weighted by atomic mass is 10.00. The predicted molar refractivity (Wildman–Crippen MR) is 141 cm³/mol. The molecule has 4 rings (SSSR count). The number of thioether (sulfide) groups is 1. The molecule has 0 saturated carbocycles. The number of aliphatic carboxylic acids is 1. The Balaban J connectivity index is 1.49. The molecule has 2 aliphatic rings. The van der Waals surface area contributed by atoms with E-state index in [9.17, 15) is 33.9 Å². The smallest absolute Gasteiger partial charge is 0.320 e. The Morgan fingerprint density at radius 1 is 1.05 bits per heavy atom. The highest BCUT2D eigenvalue weighted by atomic mass is 32.2. The van der Waals surface area contributed by atoms with E-state index < -0.39 is 46.9 Å². The predicted octanol–water partition coefficient (Wildman–Crippen LogP) is 1.95. The number of carbonyl (C=O) groups excluding carboxylic acids is 5. The van der Waals surface area contributed by atoms with Crippen molar-refractivity contribution in [3.8, 4) is 0 Å². The number of hydrogen-bond acceptors (Lipinski definition) is 8. The average molecular weight is 540 g/mol. The summed E-state index contributed by atoms with van der Waals surface area (Å²) in [6, 6.07) is 7.23. The number of nitrogens with one attached hydrogen (secondary N) is 1. The van der Waals surface area contributed by atoms with Gasteiger partial charge in [-0.05, 0) is 41.7 Å². The lowest BCUT2D eigenvalue weighted by molar-refractivity contribution is -0.144.